The molecule has 5 rings (SSSR count). The number of hydrogen-bond donors (Lipinski definition) is 0. The lowest BCUT2D eigenvalue weighted by molar-refractivity contribution is 0.0969. The van der Waals surface area contributed by atoms with Gasteiger partial charge in [-0.05, 0) is 70.2 Å². The minimum atomic E-state index is 0.204. The molecule has 0 spiro atoms. The largest absolute Gasteiger partial charge is 0.486 e. The van der Waals surface area contributed by atoms with Gasteiger partial charge in [-0.1, -0.05) is 12.1 Å². The highest BCUT2D eigenvalue weighted by molar-refractivity contribution is 7.08. The monoisotopic (exact) mass is 393 g/mol. The SMILES string of the molecule is O=C(CCN1CCC(c2ccsc2)C1)c1ccc2cc3c(cc2c1)OCCO3. The van der Waals surface area contributed by atoms with Gasteiger partial charge in [0.15, 0.2) is 17.3 Å². The average molecular weight is 394 g/mol. The number of nitrogens with zero attached hydrogens (tertiary/aromatic N) is 1. The molecule has 2 aliphatic rings. The van der Waals surface area contributed by atoms with Crippen molar-refractivity contribution in [2.75, 3.05) is 32.8 Å². The van der Waals surface area contributed by atoms with Crippen LogP contribution in [0, 0.1) is 0 Å². The number of ether oxygens (including phenoxy) is 2. The van der Waals surface area contributed by atoms with E-state index >= 15 is 0 Å². The maximum absolute atomic E-state index is 12.8. The summed E-state index contributed by atoms with van der Waals surface area (Å²) in [4.78, 5) is 15.2. The molecule has 4 nitrogen and oxygen atoms in total. The Labute approximate surface area is 168 Å². The number of Topliss-reactive ketones (excluding diaryl/α,β-unsaturated/α-hetero) is 1. The minimum Gasteiger partial charge on any atom is -0.486 e. The number of benzene rings is 2. The van der Waals surface area contributed by atoms with Crippen LogP contribution >= 0.6 is 11.3 Å². The van der Waals surface area contributed by atoms with E-state index in [1.807, 2.05) is 30.3 Å². The highest BCUT2D eigenvalue weighted by atomic mass is 32.1. The summed E-state index contributed by atoms with van der Waals surface area (Å²) in [5.74, 6) is 2.37. The normalized spacial score (nSPS) is 19.2. The fourth-order valence-electron chi connectivity index (χ4n) is 4.18. The molecule has 1 aromatic heterocycles. The first-order valence-electron chi connectivity index (χ1n) is 9.87. The Bertz CT molecular complexity index is 999. The number of likely N-dealkylation sites (tertiary alicyclic amines) is 1. The summed E-state index contributed by atoms with van der Waals surface area (Å²) in [7, 11) is 0. The average Bonchev–Trinajstić information content (AvgIpc) is 3.41. The van der Waals surface area contributed by atoms with Crippen LogP contribution in [0.25, 0.3) is 10.8 Å². The van der Waals surface area contributed by atoms with E-state index in [2.05, 4.69) is 21.7 Å². The topological polar surface area (TPSA) is 38.8 Å². The van der Waals surface area contributed by atoms with Gasteiger partial charge in [-0.2, -0.15) is 11.3 Å². The van der Waals surface area contributed by atoms with Crippen LogP contribution in [-0.2, 0) is 0 Å². The van der Waals surface area contributed by atoms with Gasteiger partial charge in [0.2, 0.25) is 0 Å². The zero-order valence-corrected chi connectivity index (χ0v) is 16.5. The molecule has 0 saturated carbocycles. The van der Waals surface area contributed by atoms with Gasteiger partial charge in [-0.15, -0.1) is 0 Å². The summed E-state index contributed by atoms with van der Waals surface area (Å²) < 4.78 is 11.3. The van der Waals surface area contributed by atoms with Gasteiger partial charge in [0.1, 0.15) is 13.2 Å². The first-order valence-corrected chi connectivity index (χ1v) is 10.8. The van der Waals surface area contributed by atoms with E-state index < -0.39 is 0 Å². The molecule has 0 radical (unpaired) electrons. The molecule has 28 heavy (non-hydrogen) atoms. The predicted molar refractivity (Wildman–Crippen MR) is 112 cm³/mol. The van der Waals surface area contributed by atoms with Crippen LogP contribution in [0.15, 0.2) is 47.2 Å². The molecule has 1 saturated heterocycles. The molecule has 2 aromatic carbocycles. The van der Waals surface area contributed by atoms with Gasteiger partial charge in [0, 0.05) is 25.1 Å². The molecular formula is C23H23NO3S. The number of fused-ring (bicyclic) bond motifs is 2. The summed E-state index contributed by atoms with van der Waals surface area (Å²) in [5, 5.41) is 6.49. The predicted octanol–water partition coefficient (Wildman–Crippen LogP) is 4.73. The molecule has 1 unspecified atom stereocenters. The molecule has 5 heteroatoms. The number of hydrogen-bond acceptors (Lipinski definition) is 5. The van der Waals surface area contributed by atoms with Gasteiger partial charge >= 0.3 is 0 Å². The molecule has 1 atom stereocenters. The van der Waals surface area contributed by atoms with E-state index in [0.717, 1.165) is 47.5 Å². The molecule has 0 bridgehead atoms. The van der Waals surface area contributed by atoms with Crippen molar-refractivity contribution < 1.29 is 14.3 Å². The summed E-state index contributed by atoms with van der Waals surface area (Å²) in [6.45, 7) is 4.12. The molecule has 3 aromatic rings. The van der Waals surface area contributed by atoms with Gasteiger partial charge in [-0.25, -0.2) is 0 Å². The van der Waals surface area contributed by atoms with Crippen LogP contribution in [0.1, 0.15) is 34.7 Å². The first kappa shape index (κ1) is 17.7. The third-order valence-corrected chi connectivity index (χ3v) is 6.47. The summed E-state index contributed by atoms with van der Waals surface area (Å²) in [6, 6.07) is 12.1. The number of rotatable bonds is 5. The summed E-state index contributed by atoms with van der Waals surface area (Å²) >= 11 is 1.76. The Kier molecular flexibility index (Phi) is 4.79. The van der Waals surface area contributed by atoms with Crippen molar-refractivity contribution in [3.05, 3.63) is 58.3 Å². The Hall–Kier alpha value is -2.37. The van der Waals surface area contributed by atoms with Crippen LogP contribution in [0.5, 0.6) is 11.5 Å². The minimum absolute atomic E-state index is 0.204. The van der Waals surface area contributed by atoms with E-state index in [9.17, 15) is 4.79 Å². The molecular weight excluding hydrogens is 370 g/mol. The highest BCUT2D eigenvalue weighted by Gasteiger charge is 2.24. The van der Waals surface area contributed by atoms with Crippen LogP contribution in [0.4, 0.5) is 0 Å². The van der Waals surface area contributed by atoms with E-state index in [1.165, 1.54) is 12.0 Å². The highest BCUT2D eigenvalue weighted by Crippen LogP contribution is 2.35. The van der Waals surface area contributed by atoms with Crippen molar-refractivity contribution in [1.82, 2.24) is 4.90 Å². The molecule has 2 aliphatic heterocycles. The van der Waals surface area contributed by atoms with Crippen molar-refractivity contribution in [2.45, 2.75) is 18.8 Å². The lowest BCUT2D eigenvalue weighted by atomic mass is 10.0. The van der Waals surface area contributed by atoms with Crippen LogP contribution < -0.4 is 9.47 Å². The van der Waals surface area contributed by atoms with Crippen LogP contribution in [0.2, 0.25) is 0 Å². The lowest BCUT2D eigenvalue weighted by Crippen LogP contribution is -2.23. The number of ketones is 1. The van der Waals surface area contributed by atoms with E-state index in [4.69, 9.17) is 9.47 Å². The maximum Gasteiger partial charge on any atom is 0.164 e. The van der Waals surface area contributed by atoms with Crippen LogP contribution in [-0.4, -0.2) is 43.5 Å². The number of carbonyl (C=O) groups is 1. The first-order chi connectivity index (χ1) is 13.8. The number of thiophene rings is 1. The van der Waals surface area contributed by atoms with Crippen molar-refractivity contribution in [2.24, 2.45) is 0 Å². The second-order valence-electron chi connectivity index (χ2n) is 7.57. The third-order valence-electron chi connectivity index (χ3n) is 5.77. The Morgan fingerprint density at radius 3 is 2.68 bits per heavy atom. The van der Waals surface area contributed by atoms with Crippen molar-refractivity contribution in [3.63, 3.8) is 0 Å². The number of carbonyl (C=O) groups excluding carboxylic acids is 1. The summed E-state index contributed by atoms with van der Waals surface area (Å²) in [6.07, 6.45) is 1.75. The molecule has 0 amide bonds. The standard InChI is InChI=1S/C23H23NO3S/c25-21(4-7-24-6-3-18(14-24)19-5-10-28-15-19)17-2-1-16-12-22-23(13-20(16)11-17)27-9-8-26-22/h1-2,5,10-13,15,18H,3-4,6-9,14H2. The van der Waals surface area contributed by atoms with E-state index in [-0.39, 0.29) is 5.78 Å². The van der Waals surface area contributed by atoms with Gasteiger partial charge in [0.25, 0.3) is 0 Å². The third kappa shape index (κ3) is 3.52. The molecule has 0 N–H and O–H groups in total. The molecule has 3 heterocycles. The van der Waals surface area contributed by atoms with Crippen LogP contribution in [0.3, 0.4) is 0 Å². The van der Waals surface area contributed by atoms with E-state index in [1.54, 1.807) is 11.3 Å². The van der Waals surface area contributed by atoms with Crippen molar-refractivity contribution in [1.29, 1.82) is 0 Å². The Morgan fingerprint density at radius 2 is 1.89 bits per heavy atom. The Balaban J connectivity index is 1.24. The van der Waals surface area contributed by atoms with Crippen molar-refractivity contribution in [3.8, 4) is 11.5 Å². The van der Waals surface area contributed by atoms with Gasteiger partial charge in [0.05, 0.1) is 0 Å². The van der Waals surface area contributed by atoms with E-state index in [0.29, 0.717) is 25.6 Å². The molecule has 0 aliphatic carbocycles. The zero-order chi connectivity index (χ0) is 18.9. The second-order valence-corrected chi connectivity index (χ2v) is 8.35. The zero-order valence-electron chi connectivity index (χ0n) is 15.7. The Morgan fingerprint density at radius 1 is 1.07 bits per heavy atom. The molecule has 1 fully saturated rings. The van der Waals surface area contributed by atoms with Gasteiger partial charge in [-0.3, -0.25) is 4.79 Å². The van der Waals surface area contributed by atoms with Gasteiger partial charge < -0.3 is 14.4 Å². The fourth-order valence-corrected chi connectivity index (χ4v) is 4.92. The molecule has 144 valence electrons. The second kappa shape index (κ2) is 7.57. The maximum atomic E-state index is 12.8. The summed E-state index contributed by atoms with van der Waals surface area (Å²) in [5.41, 5.74) is 2.22. The smallest absolute Gasteiger partial charge is 0.164 e. The van der Waals surface area contributed by atoms with Crippen molar-refractivity contribution >= 4 is 27.9 Å². The quantitative estimate of drug-likeness (QED) is 0.587. The lowest BCUT2D eigenvalue weighted by Gasteiger charge is -2.19. The fraction of sp³-hybridized carbons (Fsp3) is 0.348.